The average Bonchev–Trinajstić information content (AvgIpc) is 3.61. The van der Waals surface area contributed by atoms with Crippen LogP contribution in [0, 0.1) is 0 Å². The summed E-state index contributed by atoms with van der Waals surface area (Å²) in [4.78, 5) is 14.7. The predicted molar refractivity (Wildman–Crippen MR) is 227 cm³/mol. The Kier molecular flexibility index (Phi) is 8.12. The zero-order chi connectivity index (χ0) is 36.6. The molecule has 4 nitrogen and oxygen atoms in total. The van der Waals surface area contributed by atoms with Crippen LogP contribution in [0.5, 0.6) is 0 Å². The predicted octanol–water partition coefficient (Wildman–Crippen LogP) is 13.0. The van der Waals surface area contributed by atoms with Crippen LogP contribution in [0.2, 0.25) is 0 Å². The number of hydrogen-bond acceptors (Lipinski definition) is 3. The van der Waals surface area contributed by atoms with Gasteiger partial charge in [0.15, 0.2) is 17.5 Å². The molecule has 0 saturated heterocycles. The Balaban J connectivity index is 1.07. The van der Waals surface area contributed by atoms with E-state index in [1.54, 1.807) is 0 Å². The Morgan fingerprint density at radius 2 is 0.636 bits per heavy atom. The van der Waals surface area contributed by atoms with Crippen molar-refractivity contribution in [2.24, 2.45) is 0 Å². The number of para-hydroxylation sites is 1. The molecule has 0 aliphatic carbocycles. The van der Waals surface area contributed by atoms with Crippen LogP contribution in [0.25, 0.3) is 95.0 Å². The quantitative estimate of drug-likeness (QED) is 0.166. The van der Waals surface area contributed by atoms with E-state index in [0.29, 0.717) is 17.5 Å². The monoisotopic (exact) mass is 702 g/mol. The van der Waals surface area contributed by atoms with Crippen molar-refractivity contribution in [3.63, 3.8) is 0 Å². The summed E-state index contributed by atoms with van der Waals surface area (Å²) in [7, 11) is 0. The Bertz CT molecular complexity index is 2820. The fourth-order valence-corrected chi connectivity index (χ4v) is 7.51. The second-order valence-corrected chi connectivity index (χ2v) is 13.7. The van der Waals surface area contributed by atoms with Gasteiger partial charge in [-0.2, -0.15) is 0 Å². The van der Waals surface area contributed by atoms with Crippen molar-refractivity contribution in [1.29, 1.82) is 0 Å². The van der Waals surface area contributed by atoms with Gasteiger partial charge in [-0.25, -0.2) is 15.0 Å². The highest BCUT2D eigenvalue weighted by Gasteiger charge is 2.16. The van der Waals surface area contributed by atoms with E-state index in [1.165, 1.54) is 38.5 Å². The first-order chi connectivity index (χ1) is 27.2. The summed E-state index contributed by atoms with van der Waals surface area (Å²) in [6.07, 6.45) is 0. The molecule has 8 aromatic carbocycles. The smallest absolute Gasteiger partial charge is 0.164 e. The first kappa shape index (κ1) is 32.2. The number of rotatable bonds is 7. The van der Waals surface area contributed by atoms with Crippen molar-refractivity contribution in [2.75, 3.05) is 0 Å². The number of aromatic nitrogens is 4. The maximum atomic E-state index is 4.93. The van der Waals surface area contributed by atoms with E-state index < -0.39 is 0 Å². The van der Waals surface area contributed by atoms with Crippen LogP contribution in [-0.4, -0.2) is 19.5 Å². The number of benzene rings is 8. The van der Waals surface area contributed by atoms with Crippen LogP contribution in [0.15, 0.2) is 206 Å². The van der Waals surface area contributed by atoms with E-state index in [4.69, 9.17) is 15.0 Å². The molecule has 0 spiro atoms. The summed E-state index contributed by atoms with van der Waals surface area (Å²) in [5.74, 6) is 1.95. The minimum Gasteiger partial charge on any atom is -0.309 e. The lowest BCUT2D eigenvalue weighted by molar-refractivity contribution is 1.07. The lowest BCUT2D eigenvalue weighted by Crippen LogP contribution is -2.00. The maximum Gasteiger partial charge on any atom is 0.164 e. The Morgan fingerprint density at radius 3 is 1.16 bits per heavy atom. The van der Waals surface area contributed by atoms with E-state index in [2.05, 4.69) is 150 Å². The fourth-order valence-electron chi connectivity index (χ4n) is 7.51. The second kappa shape index (κ2) is 13.8. The highest BCUT2D eigenvalue weighted by Crippen LogP contribution is 2.38. The second-order valence-electron chi connectivity index (χ2n) is 13.7. The molecule has 0 atom stereocenters. The molecule has 0 fully saturated rings. The fraction of sp³-hybridized carbons (Fsp3) is 0. The lowest BCUT2D eigenvalue weighted by atomic mass is 9.98. The molecule has 0 radical (unpaired) electrons. The molecule has 2 aromatic heterocycles. The van der Waals surface area contributed by atoms with E-state index in [-0.39, 0.29) is 0 Å². The zero-order valence-corrected chi connectivity index (χ0v) is 29.9. The third kappa shape index (κ3) is 6.16. The van der Waals surface area contributed by atoms with Crippen LogP contribution in [0.4, 0.5) is 0 Å². The van der Waals surface area contributed by atoms with E-state index in [1.807, 2.05) is 60.7 Å². The third-order valence-corrected chi connectivity index (χ3v) is 10.2. The largest absolute Gasteiger partial charge is 0.309 e. The van der Waals surface area contributed by atoms with E-state index >= 15 is 0 Å². The molecule has 10 rings (SSSR count). The molecular formula is C51H34N4. The van der Waals surface area contributed by atoms with Crippen molar-refractivity contribution in [3.05, 3.63) is 206 Å². The number of hydrogen-bond donors (Lipinski definition) is 0. The van der Waals surface area contributed by atoms with Gasteiger partial charge in [-0.15, -0.1) is 0 Å². The Morgan fingerprint density at radius 1 is 0.255 bits per heavy atom. The lowest BCUT2D eigenvalue weighted by Gasteiger charge is -2.14. The molecule has 4 heteroatoms. The van der Waals surface area contributed by atoms with Gasteiger partial charge in [-0.3, -0.25) is 0 Å². The summed E-state index contributed by atoms with van der Waals surface area (Å²) in [6, 6.07) is 72.5. The molecule has 0 unspecified atom stereocenters. The van der Waals surface area contributed by atoms with Crippen LogP contribution >= 0.6 is 0 Å². The van der Waals surface area contributed by atoms with E-state index in [9.17, 15) is 0 Å². The van der Waals surface area contributed by atoms with E-state index in [0.717, 1.165) is 39.0 Å². The van der Waals surface area contributed by atoms with Crippen LogP contribution in [0.1, 0.15) is 0 Å². The standard InChI is InChI=1S/C51H34N4/c1-5-15-35(16-6-1)42-31-43(36-17-7-2-8-18-36)33-44(32-42)55-47-24-14-13-23-45(47)46-34-41(29-30-48(46)55)37-25-27-40(28-26-37)51-53-49(38-19-9-3-10-20-38)52-50(54-51)39-21-11-4-12-22-39/h1-34H. The maximum absolute atomic E-state index is 4.93. The highest BCUT2D eigenvalue weighted by atomic mass is 15.0. The molecule has 2 heterocycles. The first-order valence-corrected chi connectivity index (χ1v) is 18.5. The molecule has 258 valence electrons. The molecule has 0 saturated carbocycles. The van der Waals surface area contributed by atoms with Crippen molar-refractivity contribution in [3.8, 4) is 73.2 Å². The van der Waals surface area contributed by atoms with Gasteiger partial charge in [0, 0.05) is 33.2 Å². The average molecular weight is 703 g/mol. The number of fused-ring (bicyclic) bond motifs is 3. The van der Waals surface area contributed by atoms with Crippen LogP contribution in [-0.2, 0) is 0 Å². The molecule has 0 bridgehead atoms. The minimum atomic E-state index is 0.644. The molecule has 10 aromatic rings. The van der Waals surface area contributed by atoms with Gasteiger partial charge >= 0.3 is 0 Å². The van der Waals surface area contributed by atoms with Crippen molar-refractivity contribution < 1.29 is 0 Å². The van der Waals surface area contributed by atoms with Crippen LogP contribution < -0.4 is 0 Å². The summed E-state index contributed by atoms with van der Waals surface area (Å²) < 4.78 is 2.41. The SMILES string of the molecule is c1ccc(-c2cc(-c3ccccc3)cc(-n3c4ccccc4c4cc(-c5ccc(-c6nc(-c7ccccc7)nc(-c7ccccc7)n6)cc5)ccc43)c2)cc1. The topological polar surface area (TPSA) is 43.6 Å². The van der Waals surface area contributed by atoms with Crippen molar-refractivity contribution >= 4 is 21.8 Å². The minimum absolute atomic E-state index is 0.644. The van der Waals surface area contributed by atoms with Gasteiger partial charge in [0.25, 0.3) is 0 Å². The summed E-state index contributed by atoms with van der Waals surface area (Å²) in [6.45, 7) is 0. The van der Waals surface area contributed by atoms with Gasteiger partial charge in [0.2, 0.25) is 0 Å². The highest BCUT2D eigenvalue weighted by molar-refractivity contribution is 6.10. The van der Waals surface area contributed by atoms with Gasteiger partial charge in [-0.1, -0.05) is 170 Å². The molecule has 0 aliphatic rings. The van der Waals surface area contributed by atoms with Gasteiger partial charge in [0.05, 0.1) is 11.0 Å². The van der Waals surface area contributed by atoms with Gasteiger partial charge in [-0.05, 0) is 69.8 Å². The molecule has 0 aliphatic heterocycles. The van der Waals surface area contributed by atoms with Gasteiger partial charge < -0.3 is 4.57 Å². The normalized spacial score (nSPS) is 11.3. The van der Waals surface area contributed by atoms with Crippen molar-refractivity contribution in [2.45, 2.75) is 0 Å². The van der Waals surface area contributed by atoms with Crippen LogP contribution in [0.3, 0.4) is 0 Å². The zero-order valence-electron chi connectivity index (χ0n) is 29.9. The van der Waals surface area contributed by atoms with Gasteiger partial charge in [0.1, 0.15) is 0 Å². The summed E-state index contributed by atoms with van der Waals surface area (Å²) in [5, 5.41) is 2.43. The number of nitrogens with zero attached hydrogens (tertiary/aromatic N) is 4. The third-order valence-electron chi connectivity index (χ3n) is 10.2. The summed E-state index contributed by atoms with van der Waals surface area (Å²) in [5.41, 5.74) is 13.3. The molecule has 0 N–H and O–H groups in total. The molecule has 55 heavy (non-hydrogen) atoms. The summed E-state index contributed by atoms with van der Waals surface area (Å²) >= 11 is 0. The molecule has 0 amide bonds. The Hall–Kier alpha value is -7.43. The Labute approximate surface area is 319 Å². The molecular weight excluding hydrogens is 669 g/mol. The first-order valence-electron chi connectivity index (χ1n) is 18.5. The van der Waals surface area contributed by atoms with Crippen molar-refractivity contribution in [1.82, 2.24) is 19.5 Å².